The molecule has 30 heavy (non-hydrogen) atoms. The van der Waals surface area contributed by atoms with Gasteiger partial charge in [0, 0.05) is 16.3 Å². The van der Waals surface area contributed by atoms with Crippen molar-refractivity contribution in [3.63, 3.8) is 0 Å². The number of hydrogen-bond acceptors (Lipinski definition) is 7. The van der Waals surface area contributed by atoms with E-state index < -0.39 is 5.91 Å². The van der Waals surface area contributed by atoms with E-state index in [2.05, 4.69) is 16.4 Å². The Hall–Kier alpha value is -3.09. The van der Waals surface area contributed by atoms with Gasteiger partial charge in [0.2, 0.25) is 5.91 Å². The molecular formula is C21H18N4O3S2. The molecule has 0 atom stereocenters. The summed E-state index contributed by atoms with van der Waals surface area (Å²) in [5, 5.41) is 14.1. The molecule has 9 heteroatoms. The number of aromatic nitrogens is 1. The highest BCUT2D eigenvalue weighted by Crippen LogP contribution is 2.39. The van der Waals surface area contributed by atoms with Crippen molar-refractivity contribution in [2.24, 2.45) is 5.73 Å². The molecule has 1 aliphatic rings. The van der Waals surface area contributed by atoms with Gasteiger partial charge in [0.1, 0.15) is 21.8 Å². The Morgan fingerprint density at radius 3 is 2.93 bits per heavy atom. The molecule has 0 saturated heterocycles. The molecule has 0 radical (unpaired) electrons. The van der Waals surface area contributed by atoms with Crippen LogP contribution >= 0.6 is 23.1 Å². The molecule has 3 N–H and O–H groups in total. The van der Waals surface area contributed by atoms with Gasteiger partial charge in [0.05, 0.1) is 29.5 Å². The van der Waals surface area contributed by atoms with E-state index in [1.807, 2.05) is 6.07 Å². The lowest BCUT2D eigenvalue weighted by atomic mass is 10.1. The minimum absolute atomic E-state index is 0.0535. The van der Waals surface area contributed by atoms with E-state index >= 15 is 0 Å². The normalized spacial score (nSPS) is 12.4. The lowest BCUT2D eigenvalue weighted by Crippen LogP contribution is -2.19. The van der Waals surface area contributed by atoms with Crippen molar-refractivity contribution in [3.8, 4) is 11.8 Å². The fourth-order valence-corrected chi connectivity index (χ4v) is 5.57. The standard InChI is InChI=1S/C21H18N4O3S2/c1-28-13-6-5-11-7-12(9-22)20(24-15(11)8-13)29-10-17(26)25-21-18(19(23)27)14-3-2-4-16(14)30-21/h5-8H,2-4,10H2,1H3,(H2,23,27)(H,25,26). The number of nitriles is 1. The number of anilines is 1. The third-order valence-electron chi connectivity index (χ3n) is 4.87. The Bertz CT molecular complexity index is 1210. The second kappa shape index (κ2) is 8.34. The van der Waals surface area contributed by atoms with Crippen molar-refractivity contribution >= 4 is 50.8 Å². The highest BCUT2D eigenvalue weighted by molar-refractivity contribution is 8.00. The first-order valence-corrected chi connectivity index (χ1v) is 11.1. The predicted octanol–water partition coefficient (Wildman–Crippen LogP) is 3.49. The number of aryl methyl sites for hydroxylation is 1. The number of carbonyl (C=O) groups excluding carboxylic acids is 2. The van der Waals surface area contributed by atoms with Crippen molar-refractivity contribution in [2.75, 3.05) is 18.2 Å². The van der Waals surface area contributed by atoms with Crippen LogP contribution in [0.4, 0.5) is 5.00 Å². The van der Waals surface area contributed by atoms with Crippen LogP contribution in [0.1, 0.15) is 32.8 Å². The number of pyridine rings is 1. The Balaban J connectivity index is 1.52. The first kappa shape index (κ1) is 20.2. The Morgan fingerprint density at radius 1 is 1.37 bits per heavy atom. The molecule has 0 fully saturated rings. The van der Waals surface area contributed by atoms with E-state index in [9.17, 15) is 14.9 Å². The summed E-state index contributed by atoms with van der Waals surface area (Å²) in [5.41, 5.74) is 8.02. The molecule has 2 amide bonds. The second-order valence-corrected chi connectivity index (χ2v) is 8.84. The van der Waals surface area contributed by atoms with Crippen LogP contribution in [0.3, 0.4) is 0 Å². The third kappa shape index (κ3) is 3.84. The summed E-state index contributed by atoms with van der Waals surface area (Å²) in [5.74, 6) is -0.0796. The number of ether oxygens (including phenoxy) is 1. The molecule has 7 nitrogen and oxygen atoms in total. The van der Waals surface area contributed by atoms with Crippen molar-refractivity contribution in [2.45, 2.75) is 24.3 Å². The molecule has 152 valence electrons. The van der Waals surface area contributed by atoms with Crippen molar-refractivity contribution in [3.05, 3.63) is 45.8 Å². The van der Waals surface area contributed by atoms with Crippen LogP contribution in [-0.2, 0) is 17.6 Å². The molecule has 1 aromatic carbocycles. The number of primary amides is 1. The van der Waals surface area contributed by atoms with Gasteiger partial charge in [-0.25, -0.2) is 4.98 Å². The largest absolute Gasteiger partial charge is 0.497 e. The topological polar surface area (TPSA) is 118 Å². The number of methoxy groups -OCH3 is 1. The van der Waals surface area contributed by atoms with Gasteiger partial charge in [-0.3, -0.25) is 9.59 Å². The molecule has 0 aliphatic heterocycles. The molecule has 1 aliphatic carbocycles. The zero-order chi connectivity index (χ0) is 21.3. The number of nitrogens with two attached hydrogens (primary N) is 1. The van der Waals surface area contributed by atoms with Gasteiger partial charge in [-0.2, -0.15) is 5.26 Å². The Kier molecular flexibility index (Phi) is 5.61. The number of rotatable bonds is 6. The van der Waals surface area contributed by atoms with Gasteiger partial charge < -0.3 is 15.8 Å². The molecule has 2 heterocycles. The van der Waals surface area contributed by atoms with Crippen LogP contribution in [0, 0.1) is 11.3 Å². The minimum Gasteiger partial charge on any atom is -0.497 e. The van der Waals surface area contributed by atoms with Crippen LogP contribution in [0.25, 0.3) is 10.9 Å². The molecule has 0 unspecified atom stereocenters. The van der Waals surface area contributed by atoms with E-state index in [1.165, 1.54) is 23.1 Å². The first-order chi connectivity index (χ1) is 14.5. The SMILES string of the molecule is COc1ccc2cc(C#N)c(SCC(=O)Nc3sc4c(c3C(N)=O)CCC4)nc2c1. The maximum atomic E-state index is 12.5. The number of thioether (sulfide) groups is 1. The van der Waals surface area contributed by atoms with Crippen LogP contribution in [-0.4, -0.2) is 29.7 Å². The Labute approximate surface area is 181 Å². The van der Waals surface area contributed by atoms with E-state index in [0.717, 1.165) is 35.1 Å². The third-order valence-corrected chi connectivity index (χ3v) is 7.07. The number of amides is 2. The van der Waals surface area contributed by atoms with Crippen molar-refractivity contribution in [1.82, 2.24) is 4.98 Å². The smallest absolute Gasteiger partial charge is 0.251 e. The molecule has 3 aromatic rings. The zero-order valence-electron chi connectivity index (χ0n) is 16.2. The average Bonchev–Trinajstić information content (AvgIpc) is 3.31. The molecular weight excluding hydrogens is 420 g/mol. The second-order valence-electron chi connectivity index (χ2n) is 6.77. The lowest BCUT2D eigenvalue weighted by Gasteiger charge is -2.08. The highest BCUT2D eigenvalue weighted by Gasteiger charge is 2.26. The van der Waals surface area contributed by atoms with E-state index in [0.29, 0.717) is 32.4 Å². The number of fused-ring (bicyclic) bond motifs is 2. The fourth-order valence-electron chi connectivity index (χ4n) is 3.50. The van der Waals surface area contributed by atoms with Gasteiger partial charge in [-0.15, -0.1) is 11.3 Å². The number of hydrogen-bond donors (Lipinski definition) is 2. The lowest BCUT2D eigenvalue weighted by molar-refractivity contribution is -0.113. The molecule has 4 rings (SSSR count). The summed E-state index contributed by atoms with van der Waals surface area (Å²) in [7, 11) is 1.58. The van der Waals surface area contributed by atoms with E-state index in [-0.39, 0.29) is 11.7 Å². The number of benzene rings is 1. The van der Waals surface area contributed by atoms with Crippen LogP contribution in [0.2, 0.25) is 0 Å². The maximum absolute atomic E-state index is 12.5. The number of thiophene rings is 1. The van der Waals surface area contributed by atoms with Gasteiger partial charge in [0.15, 0.2) is 0 Å². The summed E-state index contributed by atoms with van der Waals surface area (Å²) in [6, 6.07) is 9.31. The van der Waals surface area contributed by atoms with Crippen molar-refractivity contribution < 1.29 is 14.3 Å². The van der Waals surface area contributed by atoms with Gasteiger partial charge in [-0.05, 0) is 43.0 Å². The summed E-state index contributed by atoms with van der Waals surface area (Å²) >= 11 is 2.59. The molecule has 0 bridgehead atoms. The number of nitrogens with zero attached hydrogens (tertiary/aromatic N) is 2. The summed E-state index contributed by atoms with van der Waals surface area (Å²) in [6.45, 7) is 0. The van der Waals surface area contributed by atoms with Gasteiger partial charge in [0.25, 0.3) is 5.91 Å². The predicted molar refractivity (Wildman–Crippen MR) is 117 cm³/mol. The average molecular weight is 439 g/mol. The summed E-state index contributed by atoms with van der Waals surface area (Å²) in [4.78, 5) is 30.1. The zero-order valence-corrected chi connectivity index (χ0v) is 17.8. The molecule has 2 aromatic heterocycles. The molecule has 0 saturated carbocycles. The number of nitrogens with one attached hydrogen (secondary N) is 1. The highest BCUT2D eigenvalue weighted by atomic mass is 32.2. The fraction of sp³-hybridized carbons (Fsp3) is 0.238. The summed E-state index contributed by atoms with van der Waals surface area (Å²) in [6.07, 6.45) is 2.71. The number of carbonyl (C=O) groups is 2. The monoisotopic (exact) mass is 438 g/mol. The van der Waals surface area contributed by atoms with Gasteiger partial charge in [-0.1, -0.05) is 11.8 Å². The van der Waals surface area contributed by atoms with Gasteiger partial charge >= 0.3 is 0 Å². The Morgan fingerprint density at radius 2 is 2.20 bits per heavy atom. The molecule has 0 spiro atoms. The van der Waals surface area contributed by atoms with E-state index in [4.69, 9.17) is 10.5 Å². The summed E-state index contributed by atoms with van der Waals surface area (Å²) < 4.78 is 5.23. The quantitative estimate of drug-likeness (QED) is 0.569. The first-order valence-electron chi connectivity index (χ1n) is 9.26. The van der Waals surface area contributed by atoms with Crippen LogP contribution in [0.15, 0.2) is 29.3 Å². The van der Waals surface area contributed by atoms with Crippen molar-refractivity contribution in [1.29, 1.82) is 5.26 Å². The minimum atomic E-state index is -0.519. The van der Waals surface area contributed by atoms with E-state index in [1.54, 1.807) is 25.3 Å². The van der Waals surface area contributed by atoms with Crippen LogP contribution < -0.4 is 15.8 Å². The maximum Gasteiger partial charge on any atom is 0.251 e. The van der Waals surface area contributed by atoms with Crippen LogP contribution in [0.5, 0.6) is 5.75 Å².